The molecule has 0 saturated carbocycles. The van der Waals surface area contributed by atoms with Gasteiger partial charge in [-0.25, -0.2) is 18.4 Å². The summed E-state index contributed by atoms with van der Waals surface area (Å²) in [7, 11) is -2.26. The molecule has 0 atom stereocenters. The van der Waals surface area contributed by atoms with E-state index in [-0.39, 0.29) is 17.5 Å². The lowest BCUT2D eigenvalue weighted by Gasteiger charge is -2.20. The minimum atomic E-state index is -3.79. The van der Waals surface area contributed by atoms with Gasteiger partial charge in [-0.1, -0.05) is 12.1 Å². The van der Waals surface area contributed by atoms with Gasteiger partial charge < -0.3 is 15.0 Å². The van der Waals surface area contributed by atoms with Gasteiger partial charge in [-0.2, -0.15) is 0 Å². The summed E-state index contributed by atoms with van der Waals surface area (Å²) in [4.78, 5) is 27.9. The van der Waals surface area contributed by atoms with Crippen LogP contribution in [-0.4, -0.2) is 52.0 Å². The van der Waals surface area contributed by atoms with Crippen LogP contribution in [0.2, 0.25) is 0 Å². The van der Waals surface area contributed by atoms with Crippen LogP contribution >= 0.6 is 0 Å². The van der Waals surface area contributed by atoms with Crippen LogP contribution in [0.4, 0.5) is 16.2 Å². The van der Waals surface area contributed by atoms with Crippen molar-refractivity contribution in [2.45, 2.75) is 4.90 Å². The molecule has 0 radical (unpaired) electrons. The van der Waals surface area contributed by atoms with E-state index in [1.165, 1.54) is 36.3 Å². The molecule has 3 rings (SSSR count). The highest BCUT2D eigenvalue weighted by molar-refractivity contribution is 7.89. The van der Waals surface area contributed by atoms with Gasteiger partial charge in [-0.3, -0.25) is 9.69 Å². The van der Waals surface area contributed by atoms with E-state index < -0.39 is 15.9 Å². The average molecular weight is 404 g/mol. The second kappa shape index (κ2) is 7.87. The van der Waals surface area contributed by atoms with Gasteiger partial charge in [-0.15, -0.1) is 0 Å². The number of rotatable bonds is 6. The number of methoxy groups -OCH3 is 1. The van der Waals surface area contributed by atoms with E-state index in [9.17, 15) is 18.0 Å². The van der Waals surface area contributed by atoms with Crippen LogP contribution < -0.4 is 20.1 Å². The van der Waals surface area contributed by atoms with Gasteiger partial charge in [0, 0.05) is 18.8 Å². The quantitative estimate of drug-likeness (QED) is 0.750. The first-order valence-electron chi connectivity index (χ1n) is 8.42. The van der Waals surface area contributed by atoms with E-state index >= 15 is 0 Å². The molecule has 0 aromatic heterocycles. The Morgan fingerprint density at radius 2 is 1.82 bits per heavy atom. The largest absolute Gasteiger partial charge is 0.495 e. The minimum Gasteiger partial charge on any atom is -0.495 e. The fraction of sp³-hybridized carbons (Fsp3) is 0.222. The van der Waals surface area contributed by atoms with E-state index in [1.807, 2.05) is 12.1 Å². The summed E-state index contributed by atoms with van der Waals surface area (Å²) in [5, 5.41) is 7.67. The van der Waals surface area contributed by atoms with Gasteiger partial charge in [-0.05, 0) is 36.4 Å². The third-order valence-corrected chi connectivity index (χ3v) is 5.20. The minimum absolute atomic E-state index is 0.0485. The smallest absolute Gasteiger partial charge is 0.325 e. The number of amides is 3. The predicted molar refractivity (Wildman–Crippen MR) is 104 cm³/mol. The molecular formula is C18H20N4O5S. The highest BCUT2D eigenvalue weighted by atomic mass is 32.2. The Balaban J connectivity index is 1.63. The number of hydrogen-bond donors (Lipinski definition) is 2. The van der Waals surface area contributed by atoms with Crippen molar-refractivity contribution in [2.75, 3.05) is 37.0 Å². The molecule has 9 nitrogen and oxygen atoms in total. The van der Waals surface area contributed by atoms with Crippen molar-refractivity contribution < 1.29 is 22.7 Å². The number of carbonyl (C=O) groups excluding carboxylic acids is 2. The zero-order valence-electron chi connectivity index (χ0n) is 15.2. The second-order valence-corrected chi connectivity index (χ2v) is 7.71. The molecule has 0 aliphatic carbocycles. The van der Waals surface area contributed by atoms with Crippen LogP contribution in [0.3, 0.4) is 0 Å². The summed E-state index contributed by atoms with van der Waals surface area (Å²) in [5.41, 5.74) is 1.06. The molecular weight excluding hydrogens is 384 g/mol. The number of hydrogen-bond acceptors (Lipinski definition) is 5. The molecule has 2 aromatic carbocycles. The summed E-state index contributed by atoms with van der Waals surface area (Å²) in [6.07, 6.45) is 0. The molecule has 1 fully saturated rings. The van der Waals surface area contributed by atoms with Gasteiger partial charge in [0.1, 0.15) is 12.3 Å². The SMILES string of the molecule is COc1ccccc1N1CCN(CC(=O)Nc2ccc(S(N)(=O)=O)cc2)C1=O. The highest BCUT2D eigenvalue weighted by Crippen LogP contribution is 2.30. The van der Waals surface area contributed by atoms with Gasteiger partial charge in [0.15, 0.2) is 0 Å². The van der Waals surface area contributed by atoms with E-state index in [1.54, 1.807) is 17.0 Å². The average Bonchev–Trinajstić information content (AvgIpc) is 3.01. The number of para-hydroxylation sites is 2. The maximum atomic E-state index is 12.7. The highest BCUT2D eigenvalue weighted by Gasteiger charge is 2.32. The third-order valence-electron chi connectivity index (χ3n) is 4.27. The summed E-state index contributed by atoms with van der Waals surface area (Å²) in [6.45, 7) is 0.714. The molecule has 0 spiro atoms. The van der Waals surface area contributed by atoms with Crippen LogP contribution in [0, 0.1) is 0 Å². The standard InChI is InChI=1S/C18H20N4O5S/c1-27-16-5-3-2-4-15(16)22-11-10-21(18(22)24)12-17(23)20-13-6-8-14(9-7-13)28(19,25)26/h2-9H,10-12H2,1H3,(H,20,23)(H2,19,25,26). The lowest BCUT2D eigenvalue weighted by atomic mass is 10.2. The molecule has 2 aromatic rings. The zero-order chi connectivity index (χ0) is 20.3. The van der Waals surface area contributed by atoms with Crippen molar-refractivity contribution in [3.05, 3.63) is 48.5 Å². The number of nitrogens with two attached hydrogens (primary N) is 1. The predicted octanol–water partition coefficient (Wildman–Crippen LogP) is 1.22. The fourth-order valence-corrected chi connectivity index (χ4v) is 3.42. The Hall–Kier alpha value is -3.11. The van der Waals surface area contributed by atoms with E-state index in [4.69, 9.17) is 9.88 Å². The van der Waals surface area contributed by atoms with Crippen LogP contribution in [0.1, 0.15) is 0 Å². The summed E-state index contributed by atoms with van der Waals surface area (Å²) in [5.74, 6) is 0.190. The Labute approximate surface area is 162 Å². The number of nitrogens with zero attached hydrogens (tertiary/aromatic N) is 2. The third kappa shape index (κ3) is 4.24. The molecule has 0 bridgehead atoms. The van der Waals surface area contributed by atoms with E-state index in [0.717, 1.165) is 0 Å². The summed E-state index contributed by atoms with van der Waals surface area (Å²) in [6, 6.07) is 12.4. The Morgan fingerprint density at radius 3 is 2.46 bits per heavy atom. The number of primary sulfonamides is 1. The molecule has 1 saturated heterocycles. The molecule has 3 amide bonds. The van der Waals surface area contributed by atoms with Crippen molar-refractivity contribution in [2.24, 2.45) is 5.14 Å². The zero-order valence-corrected chi connectivity index (χ0v) is 16.0. The van der Waals surface area contributed by atoms with Crippen LogP contribution in [-0.2, 0) is 14.8 Å². The van der Waals surface area contributed by atoms with Crippen LogP contribution in [0.5, 0.6) is 5.75 Å². The molecule has 1 aliphatic rings. The van der Waals surface area contributed by atoms with Crippen LogP contribution in [0.25, 0.3) is 0 Å². The van der Waals surface area contributed by atoms with Gasteiger partial charge in [0.25, 0.3) is 0 Å². The monoisotopic (exact) mass is 404 g/mol. The Bertz CT molecular complexity index is 991. The van der Waals surface area contributed by atoms with Crippen molar-refractivity contribution in [3.8, 4) is 5.75 Å². The molecule has 1 heterocycles. The van der Waals surface area contributed by atoms with E-state index in [2.05, 4.69) is 5.32 Å². The summed E-state index contributed by atoms with van der Waals surface area (Å²) < 4.78 is 27.8. The van der Waals surface area contributed by atoms with Gasteiger partial charge in [0.05, 0.1) is 17.7 Å². The first-order chi connectivity index (χ1) is 13.3. The molecule has 1 aliphatic heterocycles. The maximum absolute atomic E-state index is 12.7. The lowest BCUT2D eigenvalue weighted by molar-refractivity contribution is -0.116. The second-order valence-electron chi connectivity index (χ2n) is 6.15. The molecule has 10 heteroatoms. The fourth-order valence-electron chi connectivity index (χ4n) is 2.91. The molecule has 0 unspecified atom stereocenters. The van der Waals surface area contributed by atoms with Crippen molar-refractivity contribution in [1.82, 2.24) is 4.90 Å². The van der Waals surface area contributed by atoms with Crippen molar-refractivity contribution >= 4 is 33.3 Å². The van der Waals surface area contributed by atoms with Gasteiger partial charge >= 0.3 is 6.03 Å². The number of nitrogens with one attached hydrogen (secondary N) is 1. The number of urea groups is 1. The first-order valence-corrected chi connectivity index (χ1v) is 9.96. The number of ether oxygens (including phenoxy) is 1. The maximum Gasteiger partial charge on any atom is 0.325 e. The molecule has 28 heavy (non-hydrogen) atoms. The summed E-state index contributed by atoms with van der Waals surface area (Å²) >= 11 is 0. The topological polar surface area (TPSA) is 122 Å². The number of carbonyl (C=O) groups is 2. The number of anilines is 2. The lowest BCUT2D eigenvalue weighted by Crippen LogP contribution is -2.37. The molecule has 148 valence electrons. The van der Waals surface area contributed by atoms with Crippen molar-refractivity contribution in [1.29, 1.82) is 0 Å². The first kappa shape index (κ1) is 19.6. The number of benzene rings is 2. The molecule has 3 N–H and O–H groups in total. The Kier molecular flexibility index (Phi) is 5.52. The number of sulfonamides is 1. The Morgan fingerprint density at radius 1 is 1.14 bits per heavy atom. The van der Waals surface area contributed by atoms with Gasteiger partial charge in [0.2, 0.25) is 15.9 Å². The van der Waals surface area contributed by atoms with E-state index in [0.29, 0.717) is 30.2 Å². The van der Waals surface area contributed by atoms with Crippen LogP contribution in [0.15, 0.2) is 53.4 Å². The normalized spacial score (nSPS) is 14.3. The van der Waals surface area contributed by atoms with Crippen molar-refractivity contribution in [3.63, 3.8) is 0 Å².